The molecule has 0 fully saturated rings. The second-order valence-electron chi connectivity index (χ2n) is 7.74. The second-order valence-corrected chi connectivity index (χ2v) is 10.6. The molecular formula is C21H20ClN5O3S2. The highest BCUT2D eigenvalue weighted by atomic mass is 35.5. The first-order valence-electron chi connectivity index (χ1n) is 10.2. The largest absolute Gasteiger partial charge is 0.362 e. The molecule has 5 rings (SSSR count). The summed E-state index contributed by atoms with van der Waals surface area (Å²) < 4.78 is 31.5. The van der Waals surface area contributed by atoms with Crippen LogP contribution in [0, 0.1) is 0 Å². The second kappa shape index (κ2) is 8.34. The Morgan fingerprint density at radius 1 is 1.09 bits per heavy atom. The highest BCUT2D eigenvalue weighted by Crippen LogP contribution is 2.33. The molecule has 2 aromatic carbocycles. The molecule has 0 radical (unpaired) electrons. The van der Waals surface area contributed by atoms with Crippen molar-refractivity contribution in [2.45, 2.75) is 24.2 Å². The Morgan fingerprint density at radius 2 is 1.91 bits per heavy atom. The third kappa shape index (κ3) is 4.05. The minimum absolute atomic E-state index is 0.00542. The molecule has 1 amide bonds. The summed E-state index contributed by atoms with van der Waals surface area (Å²) in [5, 5.41) is 0.919. The number of aromatic nitrogens is 2. The van der Waals surface area contributed by atoms with Crippen molar-refractivity contribution in [3.05, 3.63) is 58.9 Å². The molecule has 11 heteroatoms. The standard InChI is InChI=1S/C21H20ClN5O3S2/c22-16-3-5-18-14(10-16)2-1-8-26(18)12-20(28)27-9-7-15-11-17(4-6-19(15)27)32(29,30)25-21-23-13-24-31-21/h3-6,10-11,13H,1-2,7-9,12H2,(H,23,24,25). The number of carbonyl (C=O) groups excluding carboxylic acids is 1. The zero-order chi connectivity index (χ0) is 22.3. The summed E-state index contributed by atoms with van der Waals surface area (Å²) in [7, 11) is -3.77. The SMILES string of the molecule is O=C(CN1CCCc2cc(Cl)ccc21)N1CCc2cc(S(=O)(=O)Nc3ncns3)ccc21. The van der Waals surface area contributed by atoms with E-state index in [0.29, 0.717) is 18.0 Å². The van der Waals surface area contributed by atoms with Crippen LogP contribution in [0.4, 0.5) is 16.5 Å². The van der Waals surface area contributed by atoms with Gasteiger partial charge in [0.15, 0.2) is 0 Å². The lowest BCUT2D eigenvalue weighted by Crippen LogP contribution is -2.41. The van der Waals surface area contributed by atoms with Gasteiger partial charge in [0.05, 0.1) is 11.4 Å². The molecule has 32 heavy (non-hydrogen) atoms. The number of aryl methyl sites for hydroxylation is 1. The van der Waals surface area contributed by atoms with Crippen molar-refractivity contribution in [1.29, 1.82) is 0 Å². The minimum Gasteiger partial charge on any atom is -0.362 e. The molecule has 3 heterocycles. The molecule has 0 aliphatic carbocycles. The first-order chi connectivity index (χ1) is 15.4. The van der Waals surface area contributed by atoms with Gasteiger partial charge in [-0.2, -0.15) is 4.37 Å². The summed E-state index contributed by atoms with van der Waals surface area (Å²) in [6.07, 6.45) is 3.83. The molecule has 0 saturated heterocycles. The van der Waals surface area contributed by atoms with Crippen LogP contribution in [-0.4, -0.2) is 43.3 Å². The van der Waals surface area contributed by atoms with Crippen LogP contribution in [-0.2, 0) is 27.7 Å². The zero-order valence-corrected chi connectivity index (χ0v) is 19.4. The third-order valence-electron chi connectivity index (χ3n) is 5.72. The maximum atomic E-state index is 13.2. The number of rotatable bonds is 5. The molecular weight excluding hydrogens is 470 g/mol. The van der Waals surface area contributed by atoms with Crippen molar-refractivity contribution in [1.82, 2.24) is 9.36 Å². The Morgan fingerprint density at radius 3 is 2.72 bits per heavy atom. The van der Waals surface area contributed by atoms with Gasteiger partial charge in [0, 0.05) is 41.0 Å². The van der Waals surface area contributed by atoms with Crippen molar-refractivity contribution >= 4 is 55.6 Å². The predicted molar refractivity (Wildman–Crippen MR) is 125 cm³/mol. The van der Waals surface area contributed by atoms with Gasteiger partial charge >= 0.3 is 0 Å². The van der Waals surface area contributed by atoms with Crippen molar-refractivity contribution in [2.75, 3.05) is 34.2 Å². The van der Waals surface area contributed by atoms with Gasteiger partial charge in [0.25, 0.3) is 10.0 Å². The zero-order valence-electron chi connectivity index (χ0n) is 17.0. The first-order valence-corrected chi connectivity index (χ1v) is 12.8. The Labute approximate surface area is 195 Å². The van der Waals surface area contributed by atoms with Gasteiger partial charge < -0.3 is 9.80 Å². The highest BCUT2D eigenvalue weighted by molar-refractivity contribution is 7.93. The summed E-state index contributed by atoms with van der Waals surface area (Å²) in [4.78, 5) is 21.0. The van der Waals surface area contributed by atoms with Crippen LogP contribution in [0.2, 0.25) is 5.02 Å². The number of hydrogen-bond acceptors (Lipinski definition) is 7. The van der Waals surface area contributed by atoms with E-state index in [0.717, 1.165) is 53.4 Å². The molecule has 0 spiro atoms. The lowest BCUT2D eigenvalue weighted by molar-refractivity contribution is -0.117. The molecule has 1 N–H and O–H groups in total. The van der Waals surface area contributed by atoms with Crippen LogP contribution in [0.25, 0.3) is 0 Å². The lowest BCUT2D eigenvalue weighted by Gasteiger charge is -2.32. The van der Waals surface area contributed by atoms with Crippen LogP contribution in [0.15, 0.2) is 47.6 Å². The van der Waals surface area contributed by atoms with E-state index in [1.807, 2.05) is 18.2 Å². The average Bonchev–Trinajstić information content (AvgIpc) is 3.42. The molecule has 1 aromatic heterocycles. The molecule has 2 aliphatic rings. The average molecular weight is 490 g/mol. The third-order valence-corrected chi connectivity index (χ3v) is 8.00. The monoisotopic (exact) mass is 489 g/mol. The first kappa shape index (κ1) is 21.2. The van der Waals surface area contributed by atoms with Crippen LogP contribution in [0.3, 0.4) is 0 Å². The van der Waals surface area contributed by atoms with Crippen LogP contribution in [0.1, 0.15) is 17.5 Å². The van der Waals surface area contributed by atoms with E-state index in [9.17, 15) is 13.2 Å². The summed E-state index contributed by atoms with van der Waals surface area (Å²) in [6.45, 7) is 1.62. The summed E-state index contributed by atoms with van der Waals surface area (Å²) in [6, 6.07) is 10.7. The molecule has 0 atom stereocenters. The summed E-state index contributed by atoms with van der Waals surface area (Å²) in [5.41, 5.74) is 3.82. The van der Waals surface area contributed by atoms with Crippen molar-refractivity contribution in [2.24, 2.45) is 0 Å². The lowest BCUT2D eigenvalue weighted by atomic mass is 10.0. The van der Waals surface area contributed by atoms with E-state index in [2.05, 4.69) is 19.0 Å². The minimum atomic E-state index is -3.77. The molecule has 8 nitrogen and oxygen atoms in total. The normalized spacial score (nSPS) is 15.4. The molecule has 0 saturated carbocycles. The van der Waals surface area contributed by atoms with Crippen LogP contribution in [0.5, 0.6) is 0 Å². The van der Waals surface area contributed by atoms with Gasteiger partial charge in [-0.3, -0.25) is 9.52 Å². The van der Waals surface area contributed by atoms with Gasteiger partial charge in [0.2, 0.25) is 11.0 Å². The maximum absolute atomic E-state index is 13.2. The number of hydrogen-bond donors (Lipinski definition) is 1. The number of halogens is 1. The molecule has 2 aliphatic heterocycles. The van der Waals surface area contributed by atoms with E-state index in [-0.39, 0.29) is 22.5 Å². The Hall–Kier alpha value is -2.69. The maximum Gasteiger partial charge on any atom is 0.263 e. The Kier molecular flexibility index (Phi) is 5.52. The number of nitrogens with one attached hydrogen (secondary N) is 1. The van der Waals surface area contributed by atoms with Gasteiger partial charge in [0.1, 0.15) is 6.33 Å². The fourth-order valence-corrected chi connectivity index (χ4v) is 6.16. The fourth-order valence-electron chi connectivity index (χ4n) is 4.25. The topological polar surface area (TPSA) is 95.5 Å². The van der Waals surface area contributed by atoms with E-state index < -0.39 is 10.0 Å². The van der Waals surface area contributed by atoms with Gasteiger partial charge in [-0.05, 0) is 66.8 Å². The highest BCUT2D eigenvalue weighted by Gasteiger charge is 2.29. The van der Waals surface area contributed by atoms with E-state index in [4.69, 9.17) is 11.6 Å². The number of carbonyl (C=O) groups is 1. The number of sulfonamides is 1. The molecule has 166 valence electrons. The van der Waals surface area contributed by atoms with Crippen molar-refractivity contribution < 1.29 is 13.2 Å². The van der Waals surface area contributed by atoms with Crippen molar-refractivity contribution in [3.63, 3.8) is 0 Å². The number of nitrogens with zero attached hydrogens (tertiary/aromatic N) is 4. The van der Waals surface area contributed by atoms with Crippen LogP contribution < -0.4 is 14.5 Å². The quantitative estimate of drug-likeness (QED) is 0.590. The van der Waals surface area contributed by atoms with Gasteiger partial charge in [-0.1, -0.05) is 11.6 Å². The van der Waals surface area contributed by atoms with E-state index in [1.165, 1.54) is 12.4 Å². The Bertz CT molecular complexity index is 1280. The smallest absolute Gasteiger partial charge is 0.263 e. The fraction of sp³-hybridized carbons (Fsp3) is 0.286. The molecule has 0 unspecified atom stereocenters. The molecule has 3 aromatic rings. The number of amides is 1. The Balaban J connectivity index is 1.33. The van der Waals surface area contributed by atoms with Crippen LogP contribution >= 0.6 is 23.1 Å². The van der Waals surface area contributed by atoms with Crippen molar-refractivity contribution in [3.8, 4) is 0 Å². The van der Waals surface area contributed by atoms with E-state index >= 15 is 0 Å². The number of anilines is 3. The number of benzene rings is 2. The van der Waals surface area contributed by atoms with Gasteiger partial charge in [-0.15, -0.1) is 0 Å². The van der Waals surface area contributed by atoms with Gasteiger partial charge in [-0.25, -0.2) is 13.4 Å². The summed E-state index contributed by atoms with van der Waals surface area (Å²) >= 11 is 7.10. The van der Waals surface area contributed by atoms with E-state index in [1.54, 1.807) is 17.0 Å². The number of fused-ring (bicyclic) bond motifs is 2. The summed E-state index contributed by atoms with van der Waals surface area (Å²) in [5.74, 6) is -0.00542. The molecule has 0 bridgehead atoms. The predicted octanol–water partition coefficient (Wildman–Crippen LogP) is 3.33.